The van der Waals surface area contributed by atoms with Crippen LogP contribution in [-0.2, 0) is 5.41 Å². The van der Waals surface area contributed by atoms with Gasteiger partial charge in [0.25, 0.3) is 0 Å². The number of nitrogens with zero attached hydrogens (tertiary/aromatic N) is 4. The molecule has 0 bridgehead atoms. The van der Waals surface area contributed by atoms with Crippen LogP contribution in [0.1, 0.15) is 36.1 Å². The average Bonchev–Trinajstić information content (AvgIpc) is 3.55. The summed E-state index contributed by atoms with van der Waals surface area (Å²) < 4.78 is 0. The van der Waals surface area contributed by atoms with Gasteiger partial charge in [-0.1, -0.05) is 123 Å². The highest BCUT2D eigenvalue weighted by molar-refractivity contribution is 6.17. The molecule has 0 aliphatic heterocycles. The third-order valence-corrected chi connectivity index (χ3v) is 12.6. The van der Waals surface area contributed by atoms with E-state index in [1.807, 2.05) is 24.3 Å². The summed E-state index contributed by atoms with van der Waals surface area (Å²) in [4.78, 5) is 4.70. The summed E-state index contributed by atoms with van der Waals surface area (Å²) in [6, 6.07) is 73.2. The molecule has 10 aromatic carbocycles. The first-order valence-corrected chi connectivity index (χ1v) is 20.6. The molecule has 0 radical (unpaired) electrons. The average molecular weight is 779 g/mol. The zero-order valence-corrected chi connectivity index (χ0v) is 33.8. The van der Waals surface area contributed by atoms with Gasteiger partial charge in [-0.05, 0) is 140 Å². The van der Waals surface area contributed by atoms with Crippen molar-refractivity contribution in [2.75, 3.05) is 9.80 Å². The lowest BCUT2D eigenvalue weighted by molar-refractivity contribution is 0.661. The maximum Gasteiger partial charge on any atom is 0.0991 e. The largest absolute Gasteiger partial charge is 0.310 e. The van der Waals surface area contributed by atoms with Crippen molar-refractivity contribution < 1.29 is 0 Å². The Morgan fingerprint density at radius 1 is 0.361 bits per heavy atom. The lowest BCUT2D eigenvalue weighted by atomic mass is 9.81. The maximum atomic E-state index is 9.75. The summed E-state index contributed by atoms with van der Waals surface area (Å²) in [6.45, 7) is 4.72. The molecule has 0 atom stereocenters. The second-order valence-electron chi connectivity index (χ2n) is 16.4. The zero-order valence-electron chi connectivity index (χ0n) is 33.8. The second-order valence-corrected chi connectivity index (χ2v) is 16.4. The van der Waals surface area contributed by atoms with Crippen LogP contribution in [-0.4, -0.2) is 0 Å². The highest BCUT2D eigenvalue weighted by atomic mass is 15.2. The fourth-order valence-corrected chi connectivity index (χ4v) is 9.61. The number of nitriles is 2. The van der Waals surface area contributed by atoms with Gasteiger partial charge >= 0.3 is 0 Å². The minimum absolute atomic E-state index is 0.401. The third kappa shape index (κ3) is 5.73. The Hall–Kier alpha value is -8.18. The van der Waals surface area contributed by atoms with E-state index in [2.05, 4.69) is 206 Å². The quantitative estimate of drug-likeness (QED) is 0.169. The Bertz CT molecular complexity index is 3240. The van der Waals surface area contributed by atoms with Crippen molar-refractivity contribution in [1.29, 1.82) is 10.5 Å². The monoisotopic (exact) mass is 778 g/mol. The fourth-order valence-electron chi connectivity index (χ4n) is 9.61. The Labute approximate surface area is 355 Å². The van der Waals surface area contributed by atoms with Crippen LogP contribution in [0.4, 0.5) is 34.1 Å². The van der Waals surface area contributed by atoms with Crippen molar-refractivity contribution in [3.63, 3.8) is 0 Å². The molecule has 0 spiro atoms. The third-order valence-electron chi connectivity index (χ3n) is 12.6. The van der Waals surface area contributed by atoms with Crippen molar-refractivity contribution in [1.82, 2.24) is 0 Å². The predicted molar refractivity (Wildman–Crippen MR) is 253 cm³/mol. The molecule has 0 aromatic heterocycles. The van der Waals surface area contributed by atoms with Crippen molar-refractivity contribution in [3.05, 3.63) is 216 Å². The molecule has 0 saturated carbocycles. The van der Waals surface area contributed by atoms with Crippen LogP contribution in [0.5, 0.6) is 0 Å². The fraction of sp³-hybridized carbons (Fsp3) is 0.0526. The molecular formula is C57H38N4. The van der Waals surface area contributed by atoms with Crippen LogP contribution in [0.3, 0.4) is 0 Å². The van der Waals surface area contributed by atoms with Gasteiger partial charge in [0, 0.05) is 38.9 Å². The van der Waals surface area contributed by atoms with E-state index in [4.69, 9.17) is 0 Å². The molecule has 61 heavy (non-hydrogen) atoms. The van der Waals surface area contributed by atoms with Crippen LogP contribution in [0.25, 0.3) is 54.2 Å². The van der Waals surface area contributed by atoms with Gasteiger partial charge in [-0.2, -0.15) is 10.5 Å². The minimum atomic E-state index is -0.401. The topological polar surface area (TPSA) is 54.1 Å². The Balaban J connectivity index is 1.18. The summed E-state index contributed by atoms with van der Waals surface area (Å²) in [5.41, 5.74) is 12.1. The highest BCUT2D eigenvalue weighted by Gasteiger charge is 2.40. The molecule has 0 N–H and O–H groups in total. The van der Waals surface area contributed by atoms with Crippen molar-refractivity contribution >= 4 is 77.2 Å². The van der Waals surface area contributed by atoms with Gasteiger partial charge in [0.15, 0.2) is 0 Å². The molecule has 10 aromatic rings. The van der Waals surface area contributed by atoms with Gasteiger partial charge in [0.05, 0.1) is 34.6 Å². The summed E-state index contributed by atoms with van der Waals surface area (Å²) in [6.07, 6.45) is 0. The number of benzene rings is 10. The van der Waals surface area contributed by atoms with Gasteiger partial charge in [-0.15, -0.1) is 0 Å². The van der Waals surface area contributed by atoms with E-state index >= 15 is 0 Å². The number of hydrogen-bond donors (Lipinski definition) is 0. The summed E-state index contributed by atoms with van der Waals surface area (Å²) in [5, 5.41) is 28.9. The maximum absolute atomic E-state index is 9.75. The summed E-state index contributed by atoms with van der Waals surface area (Å²) >= 11 is 0. The number of fused-ring (bicyclic) bond motifs is 9. The van der Waals surface area contributed by atoms with Crippen LogP contribution < -0.4 is 9.80 Å². The predicted octanol–water partition coefficient (Wildman–Crippen LogP) is 15.3. The lowest BCUT2D eigenvalue weighted by Gasteiger charge is -2.31. The van der Waals surface area contributed by atoms with E-state index in [-0.39, 0.29) is 0 Å². The molecule has 286 valence electrons. The molecule has 1 aliphatic carbocycles. The number of hydrogen-bond acceptors (Lipinski definition) is 4. The molecule has 1 aliphatic rings. The van der Waals surface area contributed by atoms with Crippen LogP contribution in [0, 0.1) is 22.7 Å². The van der Waals surface area contributed by atoms with Gasteiger partial charge in [-0.3, -0.25) is 0 Å². The van der Waals surface area contributed by atoms with Crippen molar-refractivity contribution in [3.8, 4) is 23.3 Å². The molecule has 11 rings (SSSR count). The summed E-state index contributed by atoms with van der Waals surface area (Å²) in [5.74, 6) is 0. The Kier molecular flexibility index (Phi) is 8.24. The molecule has 0 amide bonds. The first kappa shape index (κ1) is 35.9. The van der Waals surface area contributed by atoms with Crippen LogP contribution in [0.2, 0.25) is 0 Å². The van der Waals surface area contributed by atoms with E-state index in [1.54, 1.807) is 0 Å². The Morgan fingerprint density at radius 2 is 0.705 bits per heavy atom. The first-order chi connectivity index (χ1) is 29.9. The normalized spacial score (nSPS) is 12.5. The van der Waals surface area contributed by atoms with Crippen molar-refractivity contribution in [2.45, 2.75) is 19.3 Å². The van der Waals surface area contributed by atoms with Gasteiger partial charge in [0.2, 0.25) is 0 Å². The molecular weight excluding hydrogens is 741 g/mol. The molecule has 0 heterocycles. The smallest absolute Gasteiger partial charge is 0.0991 e. The summed E-state index contributed by atoms with van der Waals surface area (Å²) in [7, 11) is 0. The molecule has 0 fully saturated rings. The van der Waals surface area contributed by atoms with E-state index in [0.717, 1.165) is 55.7 Å². The number of anilines is 6. The van der Waals surface area contributed by atoms with E-state index in [1.165, 1.54) is 43.8 Å². The zero-order chi connectivity index (χ0) is 41.2. The SMILES string of the molecule is CC1(C)c2cc(N(c3ccc(C#N)cc3)c3ccc4ccccc4c3)c3ccccc3c2-c2c1cc(N(c1ccc(C#N)cc1)c1ccc3ccccc3c1)c1ccccc21. The molecule has 0 unspecified atom stereocenters. The molecule has 4 heteroatoms. The second kappa shape index (κ2) is 14.0. The van der Waals surface area contributed by atoms with E-state index in [0.29, 0.717) is 11.1 Å². The van der Waals surface area contributed by atoms with Gasteiger partial charge in [-0.25, -0.2) is 0 Å². The van der Waals surface area contributed by atoms with E-state index < -0.39 is 5.41 Å². The first-order valence-electron chi connectivity index (χ1n) is 20.6. The standard InChI is InChI=1S/C57H38N4/c1-57(2)51-33-53(60(43-25-19-37(35-58)20-26-43)45-29-23-39-11-3-5-13-41(39)31-45)47-15-7-9-17-49(47)55(51)56-50-18-10-8-16-48(50)54(34-52(56)57)61(44-27-21-38(36-59)22-28-44)46-30-24-40-12-4-6-14-42(40)32-46/h3-34H,1-2H3. The van der Waals surface area contributed by atoms with Gasteiger partial charge in [0.1, 0.15) is 0 Å². The van der Waals surface area contributed by atoms with Crippen LogP contribution >= 0.6 is 0 Å². The van der Waals surface area contributed by atoms with Crippen molar-refractivity contribution in [2.24, 2.45) is 0 Å². The molecule has 0 saturated heterocycles. The lowest BCUT2D eigenvalue weighted by Crippen LogP contribution is -2.18. The Morgan fingerprint density at radius 3 is 1.10 bits per heavy atom. The van der Waals surface area contributed by atoms with Gasteiger partial charge < -0.3 is 9.80 Å². The minimum Gasteiger partial charge on any atom is -0.310 e. The van der Waals surface area contributed by atoms with Crippen LogP contribution in [0.15, 0.2) is 194 Å². The van der Waals surface area contributed by atoms with E-state index in [9.17, 15) is 10.5 Å². The number of rotatable bonds is 6. The molecule has 4 nitrogen and oxygen atoms in total. The highest BCUT2D eigenvalue weighted by Crippen LogP contribution is 2.58.